The van der Waals surface area contributed by atoms with Crippen molar-refractivity contribution in [2.24, 2.45) is 0 Å². The fourth-order valence-corrected chi connectivity index (χ4v) is 2.33. The second-order valence-corrected chi connectivity index (χ2v) is 4.95. The van der Waals surface area contributed by atoms with Crippen LogP contribution in [0.2, 0.25) is 10.0 Å². The predicted octanol–water partition coefficient (Wildman–Crippen LogP) is 5.59. The van der Waals surface area contributed by atoms with Crippen LogP contribution in [0.15, 0.2) is 36.4 Å². The Morgan fingerprint density at radius 2 is 1.71 bits per heavy atom. The second kappa shape index (κ2) is 5.54. The van der Waals surface area contributed by atoms with E-state index in [0.29, 0.717) is 16.7 Å². The summed E-state index contributed by atoms with van der Waals surface area (Å²) in [6, 6.07) is 7.02. The highest BCUT2D eigenvalue weighted by molar-refractivity contribution is 6.36. The minimum atomic E-state index is -4.84. The third-order valence-corrected chi connectivity index (χ3v) is 3.29. The van der Waals surface area contributed by atoms with Gasteiger partial charge in [0.1, 0.15) is 5.56 Å². The van der Waals surface area contributed by atoms with Crippen molar-refractivity contribution in [1.82, 2.24) is 0 Å². The van der Waals surface area contributed by atoms with Crippen molar-refractivity contribution in [2.75, 3.05) is 0 Å². The lowest BCUT2D eigenvalue weighted by Gasteiger charge is -2.11. The molecule has 0 bridgehead atoms. The Morgan fingerprint density at radius 3 is 2.24 bits per heavy atom. The average molecular weight is 336 g/mol. The number of halogens is 5. The molecule has 0 radical (unpaired) electrons. The van der Waals surface area contributed by atoms with Gasteiger partial charge < -0.3 is 0 Å². The highest BCUT2D eigenvalue weighted by Crippen LogP contribution is 2.40. The largest absolute Gasteiger partial charge is 0.423 e. The lowest BCUT2D eigenvalue weighted by Crippen LogP contribution is -2.09. The first-order valence-corrected chi connectivity index (χ1v) is 6.27. The van der Waals surface area contributed by atoms with Crippen molar-refractivity contribution in [3.8, 4) is 11.1 Å². The summed E-state index contributed by atoms with van der Waals surface area (Å²) in [7, 11) is 0. The Balaban J connectivity index is 2.64. The molecule has 2 aromatic rings. The monoisotopic (exact) mass is 335 g/mol. The standard InChI is InChI=1S/C13H6Cl2F3NO2/c14-8-2-3-9(11(15)6-8)7-1-4-12(19(20)21)10(5-7)13(16,17)18/h1-6H. The van der Waals surface area contributed by atoms with E-state index in [4.69, 9.17) is 23.2 Å². The first-order chi connectivity index (χ1) is 9.70. The topological polar surface area (TPSA) is 43.1 Å². The van der Waals surface area contributed by atoms with E-state index in [1.807, 2.05) is 0 Å². The molecule has 21 heavy (non-hydrogen) atoms. The van der Waals surface area contributed by atoms with Crippen LogP contribution in [0.5, 0.6) is 0 Å². The second-order valence-electron chi connectivity index (χ2n) is 4.11. The smallest absolute Gasteiger partial charge is 0.258 e. The van der Waals surface area contributed by atoms with Crippen molar-refractivity contribution < 1.29 is 18.1 Å². The minimum Gasteiger partial charge on any atom is -0.258 e. The zero-order valence-electron chi connectivity index (χ0n) is 10.1. The Labute approximate surface area is 127 Å². The van der Waals surface area contributed by atoms with Crippen LogP contribution in [0.3, 0.4) is 0 Å². The van der Waals surface area contributed by atoms with E-state index in [1.165, 1.54) is 24.3 Å². The molecular weight excluding hydrogens is 330 g/mol. The summed E-state index contributed by atoms with van der Waals surface area (Å²) < 4.78 is 38.7. The summed E-state index contributed by atoms with van der Waals surface area (Å²) >= 11 is 11.7. The number of nitro benzene ring substituents is 1. The molecule has 2 rings (SSSR count). The Morgan fingerprint density at radius 1 is 1.05 bits per heavy atom. The first-order valence-electron chi connectivity index (χ1n) is 5.51. The van der Waals surface area contributed by atoms with E-state index >= 15 is 0 Å². The van der Waals surface area contributed by atoms with Crippen molar-refractivity contribution in [2.45, 2.75) is 6.18 Å². The summed E-state index contributed by atoms with van der Waals surface area (Å²) in [5, 5.41) is 11.2. The van der Waals surface area contributed by atoms with Gasteiger partial charge in [-0.25, -0.2) is 0 Å². The van der Waals surface area contributed by atoms with E-state index in [-0.39, 0.29) is 10.6 Å². The number of rotatable bonds is 2. The summed E-state index contributed by atoms with van der Waals surface area (Å²) in [6.07, 6.45) is -4.84. The van der Waals surface area contributed by atoms with Crippen LogP contribution >= 0.6 is 23.2 Å². The molecule has 0 atom stereocenters. The molecule has 0 fully saturated rings. The molecule has 0 aliphatic rings. The van der Waals surface area contributed by atoms with Crippen LogP contribution in [0, 0.1) is 10.1 Å². The predicted molar refractivity (Wildman–Crippen MR) is 73.6 cm³/mol. The van der Waals surface area contributed by atoms with E-state index in [2.05, 4.69) is 0 Å². The summed E-state index contributed by atoms with van der Waals surface area (Å²) in [6.45, 7) is 0. The van der Waals surface area contributed by atoms with E-state index in [9.17, 15) is 23.3 Å². The molecular formula is C13H6Cl2F3NO2. The molecule has 0 amide bonds. The number of benzene rings is 2. The van der Waals surface area contributed by atoms with Crippen molar-refractivity contribution in [3.63, 3.8) is 0 Å². The maximum absolute atomic E-state index is 12.9. The third kappa shape index (κ3) is 3.28. The number of hydrogen-bond donors (Lipinski definition) is 0. The van der Waals surface area contributed by atoms with E-state index in [1.54, 1.807) is 0 Å². The van der Waals surface area contributed by atoms with Crippen molar-refractivity contribution >= 4 is 28.9 Å². The Kier molecular flexibility index (Phi) is 4.11. The first kappa shape index (κ1) is 15.6. The molecule has 0 N–H and O–H groups in total. The normalized spacial score (nSPS) is 11.5. The van der Waals surface area contributed by atoms with Gasteiger partial charge in [0, 0.05) is 21.7 Å². The fourth-order valence-electron chi connectivity index (χ4n) is 1.81. The van der Waals surface area contributed by atoms with Crippen LogP contribution in [0.4, 0.5) is 18.9 Å². The number of alkyl halides is 3. The molecule has 110 valence electrons. The molecule has 0 heterocycles. The van der Waals surface area contributed by atoms with Gasteiger partial charge in [-0.1, -0.05) is 29.3 Å². The minimum absolute atomic E-state index is 0.120. The molecule has 0 unspecified atom stereocenters. The molecule has 0 aliphatic carbocycles. The van der Waals surface area contributed by atoms with Gasteiger partial charge in [-0.2, -0.15) is 13.2 Å². The van der Waals surface area contributed by atoms with Crippen LogP contribution in [-0.2, 0) is 6.18 Å². The highest BCUT2D eigenvalue weighted by Gasteiger charge is 2.38. The van der Waals surface area contributed by atoms with Gasteiger partial charge in [0.25, 0.3) is 5.69 Å². The summed E-state index contributed by atoms with van der Waals surface area (Å²) in [4.78, 5) is 9.62. The van der Waals surface area contributed by atoms with Crippen LogP contribution < -0.4 is 0 Å². The SMILES string of the molecule is O=[N+]([O-])c1ccc(-c2ccc(Cl)cc2Cl)cc1C(F)(F)F. The van der Waals surface area contributed by atoms with Gasteiger partial charge >= 0.3 is 6.18 Å². The molecule has 2 aromatic carbocycles. The van der Waals surface area contributed by atoms with Gasteiger partial charge in [0.15, 0.2) is 0 Å². The maximum Gasteiger partial charge on any atom is 0.423 e. The van der Waals surface area contributed by atoms with Crippen molar-refractivity contribution in [3.05, 3.63) is 62.1 Å². The average Bonchev–Trinajstić information content (AvgIpc) is 2.37. The van der Waals surface area contributed by atoms with Crippen molar-refractivity contribution in [1.29, 1.82) is 0 Å². The highest BCUT2D eigenvalue weighted by atomic mass is 35.5. The quantitative estimate of drug-likeness (QED) is 0.530. The molecule has 0 saturated heterocycles. The number of nitrogens with zero attached hydrogens (tertiary/aromatic N) is 1. The fraction of sp³-hybridized carbons (Fsp3) is 0.0769. The molecule has 0 aromatic heterocycles. The zero-order chi connectivity index (χ0) is 15.8. The molecule has 3 nitrogen and oxygen atoms in total. The molecule has 0 saturated carbocycles. The summed E-state index contributed by atoms with van der Waals surface area (Å²) in [5.41, 5.74) is -1.90. The lowest BCUT2D eigenvalue weighted by molar-refractivity contribution is -0.388. The third-order valence-electron chi connectivity index (χ3n) is 2.74. The number of nitro groups is 1. The lowest BCUT2D eigenvalue weighted by atomic mass is 10.0. The molecule has 8 heteroatoms. The van der Waals surface area contributed by atoms with Crippen LogP contribution in [-0.4, -0.2) is 4.92 Å². The molecule has 0 spiro atoms. The Hall–Kier alpha value is -1.79. The molecule has 0 aliphatic heterocycles. The van der Waals surface area contributed by atoms with Gasteiger partial charge in [-0.3, -0.25) is 10.1 Å². The van der Waals surface area contributed by atoms with Gasteiger partial charge in [-0.15, -0.1) is 0 Å². The van der Waals surface area contributed by atoms with Gasteiger partial charge in [0.2, 0.25) is 0 Å². The van der Waals surface area contributed by atoms with E-state index in [0.717, 1.165) is 6.07 Å². The van der Waals surface area contributed by atoms with Crippen LogP contribution in [0.25, 0.3) is 11.1 Å². The summed E-state index contributed by atoms with van der Waals surface area (Å²) in [5.74, 6) is 0. The maximum atomic E-state index is 12.9. The number of hydrogen-bond acceptors (Lipinski definition) is 2. The van der Waals surface area contributed by atoms with Crippen LogP contribution in [0.1, 0.15) is 5.56 Å². The van der Waals surface area contributed by atoms with E-state index < -0.39 is 22.4 Å². The zero-order valence-corrected chi connectivity index (χ0v) is 11.6. The Bertz CT molecular complexity index is 717. The van der Waals surface area contributed by atoms with Gasteiger partial charge in [0.05, 0.1) is 4.92 Å². The van der Waals surface area contributed by atoms with Gasteiger partial charge in [-0.05, 0) is 29.8 Å².